The predicted octanol–water partition coefficient (Wildman–Crippen LogP) is 1.48. The Morgan fingerprint density at radius 2 is 1.80 bits per heavy atom. The number of rotatable bonds is 7. The molecule has 0 spiro atoms. The van der Waals surface area contributed by atoms with Crippen LogP contribution in [0.15, 0.2) is 48.8 Å². The molecule has 7 nitrogen and oxygen atoms in total. The van der Waals surface area contributed by atoms with Gasteiger partial charge < -0.3 is 21.1 Å². The first-order valence-corrected chi connectivity index (χ1v) is 7.87. The van der Waals surface area contributed by atoms with E-state index in [-0.39, 0.29) is 24.5 Å². The summed E-state index contributed by atoms with van der Waals surface area (Å²) in [5.74, 6) is -0.480. The molecule has 0 bridgehead atoms. The number of carbonyl (C=O) groups is 2. The van der Waals surface area contributed by atoms with Crippen LogP contribution in [0.3, 0.4) is 0 Å². The Labute approximate surface area is 146 Å². The van der Waals surface area contributed by atoms with Crippen molar-refractivity contribution in [2.75, 3.05) is 19.0 Å². The van der Waals surface area contributed by atoms with E-state index < -0.39 is 6.04 Å². The number of carbonyl (C=O) groups excluding carboxylic acids is 2. The molecule has 4 N–H and O–H groups in total. The van der Waals surface area contributed by atoms with Gasteiger partial charge in [-0.2, -0.15) is 0 Å². The van der Waals surface area contributed by atoms with Crippen LogP contribution in [0.2, 0.25) is 0 Å². The average Bonchev–Trinajstić information content (AvgIpc) is 2.63. The number of benzene rings is 1. The minimum absolute atomic E-state index is 0.165. The van der Waals surface area contributed by atoms with Crippen LogP contribution in [0, 0.1) is 0 Å². The van der Waals surface area contributed by atoms with Gasteiger partial charge in [-0.05, 0) is 36.8 Å². The Morgan fingerprint density at radius 3 is 2.40 bits per heavy atom. The van der Waals surface area contributed by atoms with Crippen LogP contribution in [0.25, 0.3) is 0 Å². The fourth-order valence-corrected chi connectivity index (χ4v) is 2.22. The molecule has 1 aromatic heterocycles. The molecule has 0 saturated heterocycles. The van der Waals surface area contributed by atoms with Crippen molar-refractivity contribution < 1.29 is 14.3 Å². The highest BCUT2D eigenvalue weighted by atomic mass is 16.5. The summed E-state index contributed by atoms with van der Waals surface area (Å²) < 4.78 is 4.87. The minimum atomic E-state index is -0.702. The second-order valence-electron chi connectivity index (χ2n) is 5.60. The van der Waals surface area contributed by atoms with Gasteiger partial charge in [0.15, 0.2) is 0 Å². The van der Waals surface area contributed by atoms with Crippen LogP contribution < -0.4 is 16.4 Å². The van der Waals surface area contributed by atoms with Crippen LogP contribution >= 0.6 is 0 Å². The molecule has 7 heteroatoms. The van der Waals surface area contributed by atoms with Crippen molar-refractivity contribution in [2.24, 2.45) is 5.73 Å². The number of amides is 2. The number of methoxy groups -OCH3 is 1. The summed E-state index contributed by atoms with van der Waals surface area (Å²) in [5, 5.41) is 5.64. The van der Waals surface area contributed by atoms with E-state index in [2.05, 4.69) is 15.6 Å². The fraction of sp³-hybridized carbons (Fsp3) is 0.278. The number of aromatic nitrogens is 1. The highest BCUT2D eigenvalue weighted by Gasteiger charge is 2.16. The van der Waals surface area contributed by atoms with E-state index in [0.29, 0.717) is 11.3 Å². The van der Waals surface area contributed by atoms with E-state index in [0.717, 1.165) is 5.56 Å². The van der Waals surface area contributed by atoms with E-state index in [1.807, 2.05) is 19.1 Å². The molecule has 2 amide bonds. The van der Waals surface area contributed by atoms with Crippen LogP contribution in [-0.4, -0.2) is 36.6 Å². The smallest absolute Gasteiger partial charge is 0.255 e. The van der Waals surface area contributed by atoms with Gasteiger partial charge in [0.05, 0.1) is 12.6 Å². The molecule has 2 aromatic rings. The summed E-state index contributed by atoms with van der Waals surface area (Å²) in [6, 6.07) is 9.63. The monoisotopic (exact) mass is 342 g/mol. The zero-order valence-corrected chi connectivity index (χ0v) is 14.2. The predicted molar refractivity (Wildman–Crippen MR) is 95.0 cm³/mol. The SMILES string of the molecule is COCC(N)C(=O)NC(C)c1ccc(NC(=O)c2ccncc2)cc1. The van der Waals surface area contributed by atoms with E-state index in [1.165, 1.54) is 7.11 Å². The van der Waals surface area contributed by atoms with Gasteiger partial charge in [0, 0.05) is 30.8 Å². The van der Waals surface area contributed by atoms with E-state index >= 15 is 0 Å². The van der Waals surface area contributed by atoms with Gasteiger partial charge in [-0.25, -0.2) is 0 Å². The molecule has 1 aromatic carbocycles. The van der Waals surface area contributed by atoms with E-state index in [1.54, 1.807) is 36.7 Å². The third-order valence-corrected chi connectivity index (χ3v) is 3.65. The molecule has 2 unspecified atom stereocenters. The number of nitrogens with two attached hydrogens (primary N) is 1. The summed E-state index contributed by atoms with van der Waals surface area (Å²) in [6.07, 6.45) is 3.13. The maximum Gasteiger partial charge on any atom is 0.255 e. The lowest BCUT2D eigenvalue weighted by Gasteiger charge is -2.18. The third-order valence-electron chi connectivity index (χ3n) is 3.65. The minimum Gasteiger partial charge on any atom is -0.383 e. The molecule has 0 fully saturated rings. The largest absolute Gasteiger partial charge is 0.383 e. The number of pyridine rings is 1. The summed E-state index contributed by atoms with van der Waals surface area (Å²) in [5.41, 5.74) is 7.80. The first-order valence-electron chi connectivity index (χ1n) is 7.87. The Bertz CT molecular complexity index is 704. The fourth-order valence-electron chi connectivity index (χ4n) is 2.22. The van der Waals surface area contributed by atoms with Crippen LogP contribution in [-0.2, 0) is 9.53 Å². The van der Waals surface area contributed by atoms with Crippen molar-refractivity contribution in [3.05, 3.63) is 59.9 Å². The first kappa shape index (κ1) is 18.6. The highest BCUT2D eigenvalue weighted by molar-refractivity contribution is 6.04. The van der Waals surface area contributed by atoms with E-state index in [9.17, 15) is 9.59 Å². The zero-order chi connectivity index (χ0) is 18.2. The molecular weight excluding hydrogens is 320 g/mol. The molecule has 2 atom stereocenters. The van der Waals surface area contributed by atoms with Gasteiger partial charge in [0.1, 0.15) is 6.04 Å². The molecule has 132 valence electrons. The van der Waals surface area contributed by atoms with Crippen molar-refractivity contribution in [1.82, 2.24) is 10.3 Å². The van der Waals surface area contributed by atoms with Crippen molar-refractivity contribution >= 4 is 17.5 Å². The van der Waals surface area contributed by atoms with Gasteiger partial charge in [-0.1, -0.05) is 12.1 Å². The maximum absolute atomic E-state index is 12.1. The summed E-state index contributed by atoms with van der Waals surface area (Å²) in [6.45, 7) is 2.03. The van der Waals surface area contributed by atoms with Crippen molar-refractivity contribution in [3.8, 4) is 0 Å². The summed E-state index contributed by atoms with van der Waals surface area (Å²) >= 11 is 0. The standard InChI is InChI=1S/C18H22N4O3/c1-12(21-18(24)16(19)11-25-2)13-3-5-15(6-4-13)22-17(23)14-7-9-20-10-8-14/h3-10,12,16H,11,19H2,1-2H3,(H,21,24)(H,22,23). The summed E-state index contributed by atoms with van der Waals surface area (Å²) in [4.78, 5) is 27.9. The lowest BCUT2D eigenvalue weighted by molar-refractivity contribution is -0.124. The number of ether oxygens (including phenoxy) is 1. The molecule has 0 aliphatic heterocycles. The van der Waals surface area contributed by atoms with Crippen LogP contribution in [0.5, 0.6) is 0 Å². The number of nitrogens with one attached hydrogen (secondary N) is 2. The Balaban J connectivity index is 1.95. The van der Waals surface area contributed by atoms with E-state index in [4.69, 9.17) is 10.5 Å². The van der Waals surface area contributed by atoms with Crippen molar-refractivity contribution in [2.45, 2.75) is 19.0 Å². The zero-order valence-electron chi connectivity index (χ0n) is 14.2. The van der Waals surface area contributed by atoms with Crippen LogP contribution in [0.4, 0.5) is 5.69 Å². The maximum atomic E-state index is 12.1. The summed E-state index contributed by atoms with van der Waals surface area (Å²) in [7, 11) is 1.50. The van der Waals surface area contributed by atoms with Crippen molar-refractivity contribution in [3.63, 3.8) is 0 Å². The second kappa shape index (κ2) is 8.91. The third kappa shape index (κ3) is 5.37. The number of nitrogens with zero attached hydrogens (tertiary/aromatic N) is 1. The molecular formula is C18H22N4O3. The topological polar surface area (TPSA) is 106 Å². The highest BCUT2D eigenvalue weighted by Crippen LogP contribution is 2.17. The van der Waals surface area contributed by atoms with Gasteiger partial charge in [-0.15, -0.1) is 0 Å². The Hall–Kier alpha value is -2.77. The number of hydrogen-bond acceptors (Lipinski definition) is 5. The lowest BCUT2D eigenvalue weighted by Crippen LogP contribution is -2.44. The first-order chi connectivity index (χ1) is 12.0. The number of hydrogen-bond donors (Lipinski definition) is 3. The van der Waals surface area contributed by atoms with Gasteiger partial charge in [-0.3, -0.25) is 14.6 Å². The molecule has 0 aliphatic carbocycles. The van der Waals surface area contributed by atoms with Crippen molar-refractivity contribution in [1.29, 1.82) is 0 Å². The van der Waals surface area contributed by atoms with Gasteiger partial charge in [0.25, 0.3) is 5.91 Å². The second-order valence-corrected chi connectivity index (χ2v) is 5.60. The number of anilines is 1. The lowest BCUT2D eigenvalue weighted by atomic mass is 10.1. The molecule has 2 rings (SSSR count). The van der Waals surface area contributed by atoms with Gasteiger partial charge in [0.2, 0.25) is 5.91 Å². The molecule has 1 heterocycles. The molecule has 0 saturated carbocycles. The normalized spacial score (nSPS) is 12.9. The van der Waals surface area contributed by atoms with Gasteiger partial charge >= 0.3 is 0 Å². The molecule has 0 radical (unpaired) electrons. The molecule has 25 heavy (non-hydrogen) atoms. The quantitative estimate of drug-likeness (QED) is 0.707. The molecule has 0 aliphatic rings. The average molecular weight is 342 g/mol. The Kier molecular flexibility index (Phi) is 6.62. The Morgan fingerprint density at radius 1 is 1.16 bits per heavy atom. The van der Waals surface area contributed by atoms with Crippen LogP contribution in [0.1, 0.15) is 28.9 Å².